The predicted octanol–water partition coefficient (Wildman–Crippen LogP) is 3.43. The maximum Gasteiger partial charge on any atom is 0.128 e. The molecule has 71 valence electrons. The lowest BCUT2D eigenvalue weighted by Crippen LogP contribution is -2.05. The van der Waals surface area contributed by atoms with Crippen LogP contribution in [0.15, 0.2) is 36.4 Å². The van der Waals surface area contributed by atoms with E-state index in [0.717, 1.165) is 11.1 Å². The van der Waals surface area contributed by atoms with Gasteiger partial charge in [-0.1, -0.05) is 24.3 Å². The van der Waals surface area contributed by atoms with Crippen LogP contribution in [-0.4, -0.2) is 6.10 Å². The molecule has 0 atom stereocenters. The zero-order chi connectivity index (χ0) is 9.97. The van der Waals surface area contributed by atoms with Crippen molar-refractivity contribution in [3.8, 4) is 5.75 Å². The third-order valence-electron chi connectivity index (χ3n) is 2.04. The van der Waals surface area contributed by atoms with Crippen LogP contribution in [0.5, 0.6) is 5.75 Å². The smallest absolute Gasteiger partial charge is 0.128 e. The second-order valence-corrected chi connectivity index (χ2v) is 3.57. The van der Waals surface area contributed by atoms with E-state index >= 15 is 0 Å². The SMILES string of the molecule is CC(C)Oc1c[c]cc2ccccc12. The standard InChI is InChI=1S/C13H13O/c1-10(2)14-13-9-5-7-11-6-3-4-8-12(11)13/h3-4,6-10H,1-2H3. The first-order chi connectivity index (χ1) is 6.77. The molecule has 0 heterocycles. The summed E-state index contributed by atoms with van der Waals surface area (Å²) in [6, 6.07) is 15.1. The van der Waals surface area contributed by atoms with Gasteiger partial charge in [0.15, 0.2) is 0 Å². The highest BCUT2D eigenvalue weighted by Crippen LogP contribution is 2.25. The Morgan fingerprint density at radius 3 is 2.71 bits per heavy atom. The van der Waals surface area contributed by atoms with Gasteiger partial charge in [-0.3, -0.25) is 0 Å². The van der Waals surface area contributed by atoms with Crippen molar-refractivity contribution in [3.63, 3.8) is 0 Å². The monoisotopic (exact) mass is 185 g/mol. The van der Waals surface area contributed by atoms with E-state index in [0.29, 0.717) is 0 Å². The first-order valence-corrected chi connectivity index (χ1v) is 4.83. The van der Waals surface area contributed by atoms with Crippen LogP contribution in [0.25, 0.3) is 10.8 Å². The average molecular weight is 185 g/mol. The lowest BCUT2D eigenvalue weighted by atomic mass is 10.1. The lowest BCUT2D eigenvalue weighted by Gasteiger charge is -2.11. The van der Waals surface area contributed by atoms with Gasteiger partial charge in [0.05, 0.1) is 6.10 Å². The van der Waals surface area contributed by atoms with Crippen molar-refractivity contribution in [2.24, 2.45) is 0 Å². The van der Waals surface area contributed by atoms with Gasteiger partial charge < -0.3 is 4.74 Å². The summed E-state index contributed by atoms with van der Waals surface area (Å²) in [5.41, 5.74) is 0. The minimum Gasteiger partial charge on any atom is -0.490 e. The molecule has 0 N–H and O–H groups in total. The highest BCUT2D eigenvalue weighted by Gasteiger charge is 2.02. The zero-order valence-electron chi connectivity index (χ0n) is 8.45. The minimum absolute atomic E-state index is 0.203. The van der Waals surface area contributed by atoms with Crippen LogP contribution in [0.4, 0.5) is 0 Å². The van der Waals surface area contributed by atoms with Crippen molar-refractivity contribution in [1.29, 1.82) is 0 Å². The van der Waals surface area contributed by atoms with Crippen molar-refractivity contribution in [2.45, 2.75) is 20.0 Å². The van der Waals surface area contributed by atoms with Crippen molar-refractivity contribution in [3.05, 3.63) is 42.5 Å². The topological polar surface area (TPSA) is 9.23 Å². The highest BCUT2D eigenvalue weighted by molar-refractivity contribution is 5.88. The first kappa shape index (κ1) is 9.07. The van der Waals surface area contributed by atoms with E-state index in [-0.39, 0.29) is 6.10 Å². The molecular weight excluding hydrogens is 172 g/mol. The normalized spacial score (nSPS) is 10.8. The van der Waals surface area contributed by atoms with Crippen molar-refractivity contribution < 1.29 is 4.74 Å². The molecule has 0 saturated carbocycles. The van der Waals surface area contributed by atoms with Gasteiger partial charge in [-0.25, -0.2) is 0 Å². The highest BCUT2D eigenvalue weighted by atomic mass is 16.5. The number of rotatable bonds is 2. The molecule has 2 rings (SSSR count). The molecule has 0 bridgehead atoms. The van der Waals surface area contributed by atoms with Crippen LogP contribution in [0.1, 0.15) is 13.8 Å². The molecule has 0 fully saturated rings. The molecule has 2 aromatic rings. The molecule has 1 nitrogen and oxygen atoms in total. The van der Waals surface area contributed by atoms with E-state index in [9.17, 15) is 0 Å². The Balaban J connectivity index is 2.53. The summed E-state index contributed by atoms with van der Waals surface area (Å²) in [5.74, 6) is 0.915. The Morgan fingerprint density at radius 2 is 1.93 bits per heavy atom. The molecule has 0 aliphatic carbocycles. The summed E-state index contributed by atoms with van der Waals surface area (Å²) in [6.07, 6.45) is 0.203. The number of hydrogen-bond donors (Lipinski definition) is 0. The van der Waals surface area contributed by atoms with E-state index in [4.69, 9.17) is 4.74 Å². The van der Waals surface area contributed by atoms with Gasteiger partial charge in [-0.2, -0.15) is 0 Å². The van der Waals surface area contributed by atoms with Crippen LogP contribution in [0, 0.1) is 6.07 Å². The summed E-state index contributed by atoms with van der Waals surface area (Å²) >= 11 is 0. The van der Waals surface area contributed by atoms with Gasteiger partial charge in [0.1, 0.15) is 5.75 Å². The molecular formula is C13H13O. The second kappa shape index (κ2) is 3.70. The van der Waals surface area contributed by atoms with Crippen molar-refractivity contribution in [1.82, 2.24) is 0 Å². The summed E-state index contributed by atoms with van der Waals surface area (Å²) in [4.78, 5) is 0. The number of hydrogen-bond acceptors (Lipinski definition) is 1. The summed E-state index contributed by atoms with van der Waals surface area (Å²) in [6.45, 7) is 4.06. The van der Waals surface area contributed by atoms with E-state index < -0.39 is 0 Å². The van der Waals surface area contributed by atoms with Gasteiger partial charge in [0, 0.05) is 5.39 Å². The van der Waals surface area contributed by atoms with E-state index in [2.05, 4.69) is 18.2 Å². The van der Waals surface area contributed by atoms with Crippen molar-refractivity contribution in [2.75, 3.05) is 0 Å². The van der Waals surface area contributed by atoms with Crippen LogP contribution >= 0.6 is 0 Å². The largest absolute Gasteiger partial charge is 0.490 e. The summed E-state index contributed by atoms with van der Waals surface area (Å²) in [5, 5.41) is 2.32. The Bertz CT molecular complexity index is 427. The van der Waals surface area contributed by atoms with Crippen LogP contribution in [0.3, 0.4) is 0 Å². The lowest BCUT2D eigenvalue weighted by molar-refractivity contribution is 0.245. The zero-order valence-corrected chi connectivity index (χ0v) is 8.45. The number of benzene rings is 2. The molecule has 0 aliphatic rings. The molecule has 0 spiro atoms. The molecule has 0 amide bonds. The minimum atomic E-state index is 0.203. The van der Waals surface area contributed by atoms with Gasteiger partial charge in [-0.15, -0.1) is 0 Å². The van der Waals surface area contributed by atoms with Gasteiger partial charge in [0.25, 0.3) is 0 Å². The number of fused-ring (bicyclic) bond motifs is 1. The van der Waals surface area contributed by atoms with Crippen LogP contribution in [0.2, 0.25) is 0 Å². The first-order valence-electron chi connectivity index (χ1n) is 4.83. The quantitative estimate of drug-likeness (QED) is 0.696. The fourth-order valence-corrected chi connectivity index (χ4v) is 1.48. The van der Waals surface area contributed by atoms with Gasteiger partial charge in [-0.05, 0) is 37.4 Å². The molecule has 0 saturated heterocycles. The van der Waals surface area contributed by atoms with E-state index in [1.807, 2.05) is 38.1 Å². The van der Waals surface area contributed by atoms with Crippen LogP contribution < -0.4 is 4.74 Å². The molecule has 1 heteroatoms. The summed E-state index contributed by atoms with van der Waals surface area (Å²) in [7, 11) is 0. The molecule has 0 unspecified atom stereocenters. The maximum atomic E-state index is 5.70. The summed E-state index contributed by atoms with van der Waals surface area (Å²) < 4.78 is 5.70. The molecule has 1 radical (unpaired) electrons. The second-order valence-electron chi connectivity index (χ2n) is 3.57. The molecule has 0 aliphatic heterocycles. The van der Waals surface area contributed by atoms with Gasteiger partial charge >= 0.3 is 0 Å². The van der Waals surface area contributed by atoms with E-state index in [1.54, 1.807) is 0 Å². The average Bonchev–Trinajstić information content (AvgIpc) is 2.18. The Kier molecular flexibility index (Phi) is 2.40. The van der Waals surface area contributed by atoms with Gasteiger partial charge in [0.2, 0.25) is 0 Å². The Hall–Kier alpha value is -1.50. The molecule has 14 heavy (non-hydrogen) atoms. The third kappa shape index (κ3) is 1.72. The Labute approximate surface area is 84.3 Å². The van der Waals surface area contributed by atoms with Crippen LogP contribution in [-0.2, 0) is 0 Å². The van der Waals surface area contributed by atoms with E-state index in [1.165, 1.54) is 5.39 Å². The Morgan fingerprint density at radius 1 is 1.14 bits per heavy atom. The third-order valence-corrected chi connectivity index (χ3v) is 2.04. The molecule has 0 aromatic heterocycles. The fourth-order valence-electron chi connectivity index (χ4n) is 1.48. The predicted molar refractivity (Wildman–Crippen MR) is 58.5 cm³/mol. The van der Waals surface area contributed by atoms with Crippen molar-refractivity contribution >= 4 is 10.8 Å². The molecule has 2 aromatic carbocycles. The maximum absolute atomic E-state index is 5.70. The number of ether oxygens (including phenoxy) is 1. The fraction of sp³-hybridized carbons (Fsp3) is 0.231.